The van der Waals surface area contributed by atoms with E-state index in [-0.39, 0.29) is 14.7 Å². The number of anilines is 3. The van der Waals surface area contributed by atoms with Gasteiger partial charge in [0.2, 0.25) is 17.8 Å². The lowest BCUT2D eigenvalue weighted by Crippen LogP contribution is -2.50. The fraction of sp³-hybridized carbons (Fsp3) is 0.667. The number of hydrogen-bond donors (Lipinski definition) is 9. The quantitative estimate of drug-likeness (QED) is 0.216. The van der Waals surface area contributed by atoms with E-state index < -0.39 is 36.1 Å². The Labute approximate surface area is 134 Å². The summed E-state index contributed by atoms with van der Waals surface area (Å²) in [5.74, 6) is -2.18. The maximum absolute atomic E-state index is 9.13. The molecule has 0 aromatic carbocycles. The Morgan fingerprint density at radius 3 is 0.792 bits per heavy atom. The van der Waals surface area contributed by atoms with E-state index in [0.29, 0.717) is 0 Å². The van der Waals surface area contributed by atoms with Crippen molar-refractivity contribution in [1.82, 2.24) is 15.0 Å². The Bertz CT molecular complexity index is 487. The van der Waals surface area contributed by atoms with Crippen LogP contribution in [0.25, 0.3) is 0 Å². The number of nitrogens with zero attached hydrogens (tertiary/aromatic N) is 6. The van der Waals surface area contributed by atoms with Crippen LogP contribution in [0.3, 0.4) is 0 Å². The molecule has 15 heteroatoms. The van der Waals surface area contributed by atoms with E-state index >= 15 is 0 Å². The molecule has 0 fully saturated rings. The average molecular weight is 354 g/mol. The van der Waals surface area contributed by atoms with Crippen molar-refractivity contribution >= 4 is 17.8 Å². The molecule has 24 heavy (non-hydrogen) atoms. The lowest BCUT2D eigenvalue weighted by atomic mass is 10.6. The van der Waals surface area contributed by atoms with Gasteiger partial charge in [-0.15, -0.1) is 0 Å². The normalized spacial score (nSPS) is 13.0. The minimum absolute atomic E-state index is 0.269. The van der Waals surface area contributed by atoms with E-state index in [1.165, 1.54) is 0 Å². The summed E-state index contributed by atoms with van der Waals surface area (Å²) in [5.41, 5.74) is 0. The largest absolute Gasteiger partial charge is 0.371 e. The van der Waals surface area contributed by atoms with Gasteiger partial charge in [0.1, 0.15) is 0 Å². The fourth-order valence-electron chi connectivity index (χ4n) is 1.20. The highest BCUT2D eigenvalue weighted by Crippen LogP contribution is 2.23. The van der Waals surface area contributed by atoms with Crippen molar-refractivity contribution in [3.8, 4) is 0 Å². The second-order valence-corrected chi connectivity index (χ2v) is 4.71. The van der Waals surface area contributed by atoms with Gasteiger partial charge in [-0.1, -0.05) is 0 Å². The van der Waals surface area contributed by atoms with Gasteiger partial charge in [0.15, 0.2) is 0 Å². The summed E-state index contributed by atoms with van der Waals surface area (Å²) in [6.45, 7) is 0. The Morgan fingerprint density at radius 2 is 0.667 bits per heavy atom. The monoisotopic (exact) mass is 354 g/mol. The summed E-state index contributed by atoms with van der Waals surface area (Å²) >= 11 is 0. The first-order chi connectivity index (χ1) is 10.5. The summed E-state index contributed by atoms with van der Waals surface area (Å²) in [7, 11) is 2.70. The molecule has 1 rings (SSSR count). The summed E-state index contributed by atoms with van der Waals surface area (Å²) < 4.78 is 0. The first kappa shape index (κ1) is 20.1. The molecule has 0 saturated heterocycles. The number of aromatic nitrogens is 3. The van der Waals surface area contributed by atoms with E-state index in [1.807, 2.05) is 0 Å². The van der Waals surface area contributed by atoms with Gasteiger partial charge in [-0.05, 0) is 0 Å². The Balaban J connectivity index is 3.51. The van der Waals surface area contributed by atoms with Gasteiger partial charge in [-0.2, -0.15) is 15.0 Å². The molecule has 1 aromatic rings. The third kappa shape index (κ3) is 4.54. The topological polar surface area (TPSA) is 230 Å². The molecule has 9 N–H and O–H groups in total. The lowest BCUT2D eigenvalue weighted by molar-refractivity contribution is -0.308. The van der Waals surface area contributed by atoms with Crippen molar-refractivity contribution < 1.29 is 46.0 Å². The van der Waals surface area contributed by atoms with Gasteiger partial charge >= 0.3 is 18.3 Å². The predicted molar refractivity (Wildman–Crippen MR) is 73.2 cm³/mol. The van der Waals surface area contributed by atoms with Crippen LogP contribution in [0.15, 0.2) is 0 Å². The Morgan fingerprint density at radius 1 is 0.500 bits per heavy atom. The highest BCUT2D eigenvalue weighted by Gasteiger charge is 2.35. The van der Waals surface area contributed by atoms with Gasteiger partial charge in [-0.25, -0.2) is 0 Å². The molecular formula is C9H18N6O9. The van der Waals surface area contributed by atoms with E-state index in [2.05, 4.69) is 15.0 Å². The van der Waals surface area contributed by atoms with Gasteiger partial charge in [-0.3, -0.25) is 14.7 Å². The Hall–Kier alpha value is -1.95. The molecule has 0 radical (unpaired) electrons. The number of hydrogen-bond acceptors (Lipinski definition) is 15. The molecular weight excluding hydrogens is 336 g/mol. The van der Waals surface area contributed by atoms with Gasteiger partial charge in [0.05, 0.1) is 0 Å². The van der Waals surface area contributed by atoms with Crippen molar-refractivity contribution in [1.29, 1.82) is 0 Å². The molecule has 0 bridgehead atoms. The highest BCUT2D eigenvalue weighted by atomic mass is 16.7. The van der Waals surface area contributed by atoms with Crippen LogP contribution in [0.1, 0.15) is 0 Å². The SMILES string of the molecule is CN(c1nc(N(C)C(O)(O)O)nc(N(C)C(O)(O)O)n1)C(O)(O)O. The number of rotatable bonds is 6. The van der Waals surface area contributed by atoms with Crippen LogP contribution in [0, 0.1) is 0 Å². The van der Waals surface area contributed by atoms with Gasteiger partial charge < -0.3 is 46.0 Å². The van der Waals surface area contributed by atoms with Crippen LogP contribution in [0.5, 0.6) is 0 Å². The van der Waals surface area contributed by atoms with Crippen molar-refractivity contribution in [2.75, 3.05) is 35.8 Å². The van der Waals surface area contributed by atoms with Crippen LogP contribution in [-0.4, -0.2) is 100 Å². The van der Waals surface area contributed by atoms with Crippen molar-refractivity contribution in [3.05, 3.63) is 0 Å². The molecule has 1 aromatic heterocycles. The molecule has 15 nitrogen and oxygen atoms in total. The maximum atomic E-state index is 9.13. The van der Waals surface area contributed by atoms with Crippen molar-refractivity contribution in [3.63, 3.8) is 0 Å². The highest BCUT2D eigenvalue weighted by molar-refractivity contribution is 5.46. The smallest absolute Gasteiger partial charge is 0.325 e. The first-order valence-electron chi connectivity index (χ1n) is 6.04. The summed E-state index contributed by atoms with van der Waals surface area (Å²) in [6.07, 6.45) is -10.3. The standard InChI is InChI=1S/C9H18N6O9/c1-13(7(16,17)18)4-10-5(14(2)8(19,20)21)12-6(11-4)15(3)9(22,23)24/h16-24H,1-3H3. The molecule has 0 unspecified atom stereocenters. The summed E-state index contributed by atoms with van der Waals surface area (Å²) in [6, 6.07) is 0. The molecule has 0 saturated carbocycles. The zero-order valence-corrected chi connectivity index (χ0v) is 12.7. The van der Waals surface area contributed by atoms with Crippen LogP contribution in [0.4, 0.5) is 17.8 Å². The third-order valence-corrected chi connectivity index (χ3v) is 2.85. The van der Waals surface area contributed by atoms with E-state index in [9.17, 15) is 0 Å². The van der Waals surface area contributed by atoms with Gasteiger partial charge in [0.25, 0.3) is 0 Å². The average Bonchev–Trinajstić information content (AvgIpc) is 2.41. The molecule has 138 valence electrons. The van der Waals surface area contributed by atoms with E-state index in [4.69, 9.17) is 46.0 Å². The lowest BCUT2D eigenvalue weighted by Gasteiger charge is -2.31. The van der Waals surface area contributed by atoms with Crippen LogP contribution < -0.4 is 14.7 Å². The van der Waals surface area contributed by atoms with Crippen LogP contribution in [-0.2, 0) is 0 Å². The van der Waals surface area contributed by atoms with Crippen molar-refractivity contribution in [2.24, 2.45) is 0 Å². The zero-order chi connectivity index (χ0) is 19.1. The molecule has 0 aliphatic heterocycles. The molecule has 0 aliphatic rings. The molecule has 0 atom stereocenters. The van der Waals surface area contributed by atoms with Crippen LogP contribution >= 0.6 is 0 Å². The minimum atomic E-state index is -3.45. The molecule has 1 heterocycles. The summed E-state index contributed by atoms with van der Waals surface area (Å²) in [5, 5.41) is 82.2. The van der Waals surface area contributed by atoms with E-state index in [0.717, 1.165) is 21.1 Å². The first-order valence-corrected chi connectivity index (χ1v) is 6.04. The maximum Gasteiger partial charge on any atom is 0.371 e. The van der Waals surface area contributed by atoms with Crippen LogP contribution in [0.2, 0.25) is 0 Å². The second kappa shape index (κ2) is 6.16. The van der Waals surface area contributed by atoms with Crippen molar-refractivity contribution in [2.45, 2.75) is 18.3 Å². The van der Waals surface area contributed by atoms with E-state index in [1.54, 1.807) is 0 Å². The molecule has 0 aliphatic carbocycles. The Kier molecular flexibility index (Phi) is 5.16. The zero-order valence-electron chi connectivity index (χ0n) is 12.7. The second-order valence-electron chi connectivity index (χ2n) is 4.71. The molecule has 0 amide bonds. The number of aliphatic hydroxyl groups is 9. The fourth-order valence-corrected chi connectivity index (χ4v) is 1.20. The molecule has 0 spiro atoms. The minimum Gasteiger partial charge on any atom is -0.325 e. The van der Waals surface area contributed by atoms with Gasteiger partial charge in [0, 0.05) is 21.1 Å². The predicted octanol–water partition coefficient (Wildman–Crippen LogP) is -6.06. The third-order valence-electron chi connectivity index (χ3n) is 2.85. The summed E-state index contributed by atoms with van der Waals surface area (Å²) in [4.78, 5) is 11.4.